The van der Waals surface area contributed by atoms with Gasteiger partial charge in [0.15, 0.2) is 0 Å². The fourth-order valence-electron chi connectivity index (χ4n) is 2.83. The summed E-state index contributed by atoms with van der Waals surface area (Å²) in [6, 6.07) is 6.61. The summed E-state index contributed by atoms with van der Waals surface area (Å²) in [7, 11) is 1.54. The average molecular weight is 333 g/mol. The Labute approximate surface area is 138 Å². The molecule has 1 aromatic heterocycles. The zero-order valence-corrected chi connectivity index (χ0v) is 13.6. The fourth-order valence-corrected chi connectivity index (χ4v) is 2.83. The topological polar surface area (TPSA) is 100 Å². The number of hydrogen-bond donors (Lipinski definition) is 0. The molecule has 0 radical (unpaired) electrons. The maximum atomic E-state index is 12.7. The minimum atomic E-state index is -0.609. The largest absolute Gasteiger partial charge is 0.723 e. The molecule has 0 N–H and O–H groups in total. The molecule has 9 heteroatoms. The normalized spacial score (nSPS) is 15.5. The summed E-state index contributed by atoms with van der Waals surface area (Å²) < 4.78 is 5.08. The number of benzene rings is 1. The molecule has 1 saturated heterocycles. The second kappa shape index (κ2) is 6.34. The molecule has 1 aliphatic rings. The number of rotatable bonds is 4. The molecule has 0 bridgehead atoms. The Morgan fingerprint density at radius 1 is 1.29 bits per heavy atom. The third-order valence-electron chi connectivity index (χ3n) is 4.30. The van der Waals surface area contributed by atoms with Gasteiger partial charge in [-0.05, 0) is 47.9 Å². The molecular weight excluding hydrogens is 314 g/mol. The first kappa shape index (κ1) is 16.0. The molecule has 1 fully saturated rings. The number of aromatic nitrogens is 3. The summed E-state index contributed by atoms with van der Waals surface area (Å²) in [5.74, 6) is 0.762. The van der Waals surface area contributed by atoms with Gasteiger partial charge in [-0.3, -0.25) is 4.90 Å². The van der Waals surface area contributed by atoms with Crippen molar-refractivity contribution in [2.75, 3.05) is 25.1 Å². The molecular formula is C15H19N5O4. The van der Waals surface area contributed by atoms with E-state index >= 15 is 0 Å². The molecule has 3 rings (SSSR count). The molecule has 0 aliphatic carbocycles. The Bertz CT molecular complexity index is 735. The van der Waals surface area contributed by atoms with Gasteiger partial charge in [-0.1, -0.05) is 11.7 Å². The van der Waals surface area contributed by atoms with E-state index in [1.807, 2.05) is 0 Å². The van der Waals surface area contributed by atoms with Crippen LogP contribution in [0.4, 0.5) is 11.6 Å². The van der Waals surface area contributed by atoms with E-state index in [4.69, 9.17) is 4.74 Å². The lowest BCUT2D eigenvalue weighted by Gasteiger charge is -2.27. The zero-order chi connectivity index (χ0) is 17.3. The molecule has 0 saturated carbocycles. The lowest BCUT2D eigenvalue weighted by molar-refractivity contribution is -0.677. The highest BCUT2D eigenvalue weighted by Crippen LogP contribution is 2.27. The van der Waals surface area contributed by atoms with Gasteiger partial charge in [0, 0.05) is 5.10 Å². The average Bonchev–Trinajstić information content (AvgIpc) is 2.93. The van der Waals surface area contributed by atoms with Gasteiger partial charge in [0.1, 0.15) is 11.4 Å². The number of methoxy groups -OCH3 is 1. The van der Waals surface area contributed by atoms with Crippen molar-refractivity contribution in [2.45, 2.75) is 19.8 Å². The van der Waals surface area contributed by atoms with Gasteiger partial charge in [-0.2, -0.15) is 4.85 Å². The molecule has 0 amide bonds. The van der Waals surface area contributed by atoms with Crippen molar-refractivity contribution in [3.63, 3.8) is 0 Å². The highest BCUT2D eigenvalue weighted by molar-refractivity contribution is 5.49. The van der Waals surface area contributed by atoms with E-state index in [-0.39, 0.29) is 5.82 Å². The van der Waals surface area contributed by atoms with Gasteiger partial charge in [0.05, 0.1) is 20.2 Å². The van der Waals surface area contributed by atoms with E-state index in [0.29, 0.717) is 35.3 Å². The smallest absolute Gasteiger partial charge is 0.428 e. The predicted octanol–water partition coefficient (Wildman–Crippen LogP) is 1.66. The summed E-state index contributed by atoms with van der Waals surface area (Å²) in [4.78, 5) is 14.0. The molecule has 9 nitrogen and oxygen atoms in total. The Morgan fingerprint density at radius 2 is 1.92 bits per heavy atom. The Kier molecular flexibility index (Phi) is 4.24. The fraction of sp³-hybridized carbons (Fsp3) is 0.467. The van der Waals surface area contributed by atoms with E-state index in [1.54, 1.807) is 29.2 Å². The van der Waals surface area contributed by atoms with Crippen LogP contribution in [-0.2, 0) is 0 Å². The van der Waals surface area contributed by atoms with Gasteiger partial charge >= 0.3 is 11.6 Å². The molecule has 0 spiro atoms. The Hall–Kier alpha value is -2.84. The van der Waals surface area contributed by atoms with Crippen LogP contribution in [0.2, 0.25) is 0 Å². The van der Waals surface area contributed by atoms with Crippen molar-refractivity contribution >= 4 is 11.6 Å². The van der Waals surface area contributed by atoms with Crippen molar-refractivity contribution < 1.29 is 14.5 Å². The summed E-state index contributed by atoms with van der Waals surface area (Å²) in [6.45, 7) is 3.36. The molecule has 0 unspecified atom stereocenters. The van der Waals surface area contributed by atoms with Crippen LogP contribution < -0.4 is 14.5 Å². The molecule has 2 aromatic rings. The van der Waals surface area contributed by atoms with E-state index in [1.165, 1.54) is 7.11 Å². The molecule has 0 atom stereocenters. The van der Waals surface area contributed by atoms with Gasteiger partial charge < -0.3 is 20.1 Å². The molecule has 128 valence electrons. The maximum Gasteiger partial charge on any atom is 0.428 e. The van der Waals surface area contributed by atoms with Gasteiger partial charge in [-0.25, -0.2) is 0 Å². The summed E-state index contributed by atoms with van der Waals surface area (Å²) in [6.07, 6.45) is 1.79. The predicted molar refractivity (Wildman–Crippen MR) is 86.3 cm³/mol. The lowest BCUT2D eigenvalue weighted by atomic mass is 9.99. The SMILES string of the molecule is COc1ccc(-n2nc([N+](=O)[O-])c(N3CCC(C)CC3)[n+]2[O-])cc1. The minimum absolute atomic E-state index is 0.00252. The summed E-state index contributed by atoms with van der Waals surface area (Å²) in [5.41, 5.74) is 0.436. The van der Waals surface area contributed by atoms with Gasteiger partial charge in [0.25, 0.3) is 0 Å². The van der Waals surface area contributed by atoms with Crippen molar-refractivity contribution in [3.8, 4) is 11.4 Å². The minimum Gasteiger partial charge on any atom is -0.723 e. The van der Waals surface area contributed by atoms with E-state index in [2.05, 4.69) is 12.0 Å². The van der Waals surface area contributed by atoms with Crippen molar-refractivity contribution in [3.05, 3.63) is 39.6 Å². The van der Waals surface area contributed by atoms with Gasteiger partial charge in [0.2, 0.25) is 0 Å². The highest BCUT2D eigenvalue weighted by atomic mass is 16.6. The van der Waals surface area contributed by atoms with Crippen LogP contribution in [0.25, 0.3) is 5.69 Å². The summed E-state index contributed by atoms with van der Waals surface area (Å²) >= 11 is 0. The quantitative estimate of drug-likeness (QED) is 0.365. The first-order chi connectivity index (χ1) is 11.5. The number of anilines is 1. The zero-order valence-electron chi connectivity index (χ0n) is 13.6. The highest BCUT2D eigenvalue weighted by Gasteiger charge is 2.34. The monoisotopic (exact) mass is 333 g/mol. The van der Waals surface area contributed by atoms with Crippen LogP contribution in [0.1, 0.15) is 19.8 Å². The molecule has 1 aromatic carbocycles. The summed E-state index contributed by atoms with van der Waals surface area (Å²) in [5, 5.41) is 27.9. The van der Waals surface area contributed by atoms with Crippen LogP contribution in [0, 0.1) is 21.2 Å². The molecule has 2 heterocycles. The third-order valence-corrected chi connectivity index (χ3v) is 4.30. The van der Waals surface area contributed by atoms with E-state index in [0.717, 1.165) is 17.6 Å². The number of piperidine rings is 1. The van der Waals surface area contributed by atoms with Crippen molar-refractivity contribution in [2.24, 2.45) is 5.92 Å². The van der Waals surface area contributed by atoms with Crippen LogP contribution in [-0.4, -0.2) is 35.0 Å². The van der Waals surface area contributed by atoms with Crippen LogP contribution in [0.15, 0.2) is 24.3 Å². The number of hydrogen-bond acceptors (Lipinski definition) is 6. The van der Waals surface area contributed by atoms with Crippen LogP contribution in [0.3, 0.4) is 0 Å². The number of ether oxygens (including phenoxy) is 1. The number of nitrogens with zero attached hydrogens (tertiary/aromatic N) is 5. The van der Waals surface area contributed by atoms with E-state index < -0.39 is 10.7 Å². The first-order valence-electron chi connectivity index (χ1n) is 7.78. The molecule has 1 aliphatic heterocycles. The standard InChI is InChI=1S/C15H19N5O4/c1-11-7-9-17(10-8-11)15-14(20(22)23)16-18(19(15)21)12-3-5-13(24-2)6-4-12/h3-6,11H,7-10H2,1-2H3. The van der Waals surface area contributed by atoms with E-state index in [9.17, 15) is 15.3 Å². The van der Waals surface area contributed by atoms with Crippen LogP contribution in [0.5, 0.6) is 5.75 Å². The van der Waals surface area contributed by atoms with Crippen molar-refractivity contribution in [1.82, 2.24) is 9.90 Å². The Morgan fingerprint density at radius 3 is 2.46 bits per heavy atom. The first-order valence-corrected chi connectivity index (χ1v) is 7.78. The second-order valence-electron chi connectivity index (χ2n) is 5.93. The number of nitro groups is 1. The van der Waals surface area contributed by atoms with Gasteiger partial charge in [-0.15, -0.1) is 0 Å². The Balaban J connectivity index is 2.02. The van der Waals surface area contributed by atoms with Crippen LogP contribution >= 0.6 is 0 Å². The third kappa shape index (κ3) is 2.84. The lowest BCUT2D eigenvalue weighted by Crippen LogP contribution is -2.45. The molecule has 24 heavy (non-hydrogen) atoms. The maximum absolute atomic E-state index is 12.7. The second-order valence-corrected chi connectivity index (χ2v) is 5.93. The van der Waals surface area contributed by atoms with Crippen molar-refractivity contribution in [1.29, 1.82) is 0 Å².